The number of rotatable bonds is 2. The Morgan fingerprint density at radius 3 is 2.48 bits per heavy atom. The summed E-state index contributed by atoms with van der Waals surface area (Å²) in [6.45, 7) is 3.89. The van der Waals surface area contributed by atoms with Gasteiger partial charge in [0.2, 0.25) is 0 Å². The minimum atomic E-state index is 0.797. The van der Waals surface area contributed by atoms with Crippen molar-refractivity contribution in [1.82, 2.24) is 20.2 Å². The van der Waals surface area contributed by atoms with Crippen molar-refractivity contribution in [3.8, 4) is 0 Å². The van der Waals surface area contributed by atoms with Gasteiger partial charge in [-0.15, -0.1) is 0 Å². The van der Waals surface area contributed by atoms with E-state index in [-0.39, 0.29) is 0 Å². The van der Waals surface area contributed by atoms with Gasteiger partial charge in [-0.05, 0) is 12.1 Å². The minimum absolute atomic E-state index is 0.797. The molecule has 0 unspecified atom stereocenters. The van der Waals surface area contributed by atoms with Crippen molar-refractivity contribution in [2.45, 2.75) is 0 Å². The molecule has 106 valence electrons. The van der Waals surface area contributed by atoms with Crippen molar-refractivity contribution in [2.75, 3.05) is 36.0 Å². The van der Waals surface area contributed by atoms with Crippen molar-refractivity contribution in [1.29, 1.82) is 0 Å². The lowest BCUT2D eigenvalue weighted by molar-refractivity contribution is 0.649. The summed E-state index contributed by atoms with van der Waals surface area (Å²) in [6, 6.07) is 10.5. The molecule has 3 aromatic rings. The molecule has 6 nitrogen and oxygen atoms in total. The largest absolute Gasteiger partial charge is 0.368 e. The van der Waals surface area contributed by atoms with E-state index in [4.69, 9.17) is 0 Å². The third kappa shape index (κ3) is 2.18. The van der Waals surface area contributed by atoms with Crippen molar-refractivity contribution >= 4 is 22.5 Å². The molecule has 1 aromatic carbocycles. The van der Waals surface area contributed by atoms with Crippen molar-refractivity contribution in [3.05, 3.63) is 42.9 Å². The molecule has 0 radical (unpaired) electrons. The van der Waals surface area contributed by atoms with E-state index in [0.29, 0.717) is 0 Å². The Morgan fingerprint density at radius 1 is 0.905 bits per heavy atom. The second kappa shape index (κ2) is 5.05. The molecule has 1 N–H and O–H groups in total. The number of aromatic amines is 1. The summed E-state index contributed by atoms with van der Waals surface area (Å²) in [4.78, 5) is 13.3. The van der Waals surface area contributed by atoms with Gasteiger partial charge in [0.25, 0.3) is 0 Å². The normalized spacial score (nSPS) is 15.6. The van der Waals surface area contributed by atoms with E-state index < -0.39 is 0 Å². The molecule has 21 heavy (non-hydrogen) atoms. The third-order valence-corrected chi connectivity index (χ3v) is 3.93. The van der Waals surface area contributed by atoms with Gasteiger partial charge in [-0.1, -0.05) is 18.2 Å². The van der Waals surface area contributed by atoms with Crippen LogP contribution < -0.4 is 9.80 Å². The number of para-hydroxylation sites is 1. The van der Waals surface area contributed by atoms with Gasteiger partial charge in [0.05, 0.1) is 11.6 Å². The van der Waals surface area contributed by atoms with Crippen LogP contribution in [0, 0.1) is 0 Å². The number of hydrogen-bond donors (Lipinski definition) is 1. The molecule has 6 heteroatoms. The number of benzene rings is 1. The van der Waals surface area contributed by atoms with Gasteiger partial charge in [-0.25, -0.2) is 9.97 Å². The van der Waals surface area contributed by atoms with Crippen molar-refractivity contribution < 1.29 is 0 Å². The maximum Gasteiger partial charge on any atom is 0.160 e. The maximum absolute atomic E-state index is 4.44. The smallest absolute Gasteiger partial charge is 0.160 e. The van der Waals surface area contributed by atoms with Gasteiger partial charge in [0, 0.05) is 31.9 Å². The number of H-pyrrole nitrogens is 1. The number of hydrogen-bond acceptors (Lipinski definition) is 5. The van der Waals surface area contributed by atoms with Crippen LogP contribution in [-0.2, 0) is 0 Å². The number of fused-ring (bicyclic) bond motifs is 1. The Morgan fingerprint density at radius 2 is 1.67 bits per heavy atom. The fourth-order valence-electron chi connectivity index (χ4n) is 2.82. The zero-order valence-corrected chi connectivity index (χ0v) is 11.6. The van der Waals surface area contributed by atoms with Crippen LogP contribution >= 0.6 is 0 Å². The Hall–Kier alpha value is -2.63. The van der Waals surface area contributed by atoms with Crippen LogP contribution in [0.2, 0.25) is 0 Å². The van der Waals surface area contributed by atoms with Gasteiger partial charge in [0.15, 0.2) is 5.65 Å². The molecular formula is C15H16N6. The fraction of sp³-hybridized carbons (Fsp3) is 0.267. The average molecular weight is 280 g/mol. The molecule has 1 aliphatic rings. The van der Waals surface area contributed by atoms with Crippen molar-refractivity contribution in [2.24, 2.45) is 0 Å². The summed E-state index contributed by atoms with van der Waals surface area (Å²) >= 11 is 0. The molecule has 3 heterocycles. The molecule has 0 spiro atoms. The number of piperazine rings is 1. The van der Waals surface area contributed by atoms with Crippen LogP contribution in [0.3, 0.4) is 0 Å². The lowest BCUT2D eigenvalue weighted by atomic mass is 10.2. The SMILES string of the molecule is c1ccc(N2CCN(c3ncnc4[nH]ncc34)CC2)cc1. The first-order valence-electron chi connectivity index (χ1n) is 7.11. The molecule has 0 saturated carbocycles. The van der Waals surface area contributed by atoms with Crippen LogP contribution in [0.1, 0.15) is 0 Å². The molecule has 0 atom stereocenters. The minimum Gasteiger partial charge on any atom is -0.368 e. The first-order valence-corrected chi connectivity index (χ1v) is 7.11. The van der Waals surface area contributed by atoms with E-state index >= 15 is 0 Å². The lowest BCUT2D eigenvalue weighted by Gasteiger charge is -2.36. The molecule has 0 amide bonds. The predicted octanol–water partition coefficient (Wildman–Crippen LogP) is 1.68. The number of aromatic nitrogens is 4. The van der Waals surface area contributed by atoms with E-state index in [0.717, 1.165) is 43.0 Å². The highest BCUT2D eigenvalue weighted by molar-refractivity contribution is 5.86. The highest BCUT2D eigenvalue weighted by atomic mass is 15.3. The Labute approximate surface area is 122 Å². The second-order valence-corrected chi connectivity index (χ2v) is 5.14. The van der Waals surface area contributed by atoms with Crippen LogP contribution in [0.15, 0.2) is 42.9 Å². The van der Waals surface area contributed by atoms with E-state index in [2.05, 4.69) is 60.3 Å². The van der Waals surface area contributed by atoms with Gasteiger partial charge in [0.1, 0.15) is 12.1 Å². The molecular weight excluding hydrogens is 264 g/mol. The molecule has 1 saturated heterocycles. The van der Waals surface area contributed by atoms with Gasteiger partial charge in [-0.2, -0.15) is 5.10 Å². The summed E-state index contributed by atoms with van der Waals surface area (Å²) in [5.41, 5.74) is 2.08. The van der Waals surface area contributed by atoms with Crippen LogP contribution in [0.25, 0.3) is 11.0 Å². The predicted molar refractivity (Wildman–Crippen MR) is 82.6 cm³/mol. The zero-order chi connectivity index (χ0) is 14.1. The number of nitrogens with one attached hydrogen (secondary N) is 1. The topological polar surface area (TPSA) is 60.9 Å². The fourth-order valence-corrected chi connectivity index (χ4v) is 2.82. The zero-order valence-electron chi connectivity index (χ0n) is 11.6. The van der Waals surface area contributed by atoms with Crippen LogP contribution in [-0.4, -0.2) is 46.3 Å². The molecule has 1 aliphatic heterocycles. The Bertz CT molecular complexity index is 730. The Balaban J connectivity index is 1.54. The molecule has 0 aliphatic carbocycles. The first-order chi connectivity index (χ1) is 10.4. The van der Waals surface area contributed by atoms with Crippen LogP contribution in [0.5, 0.6) is 0 Å². The molecule has 2 aromatic heterocycles. The van der Waals surface area contributed by atoms with E-state index in [1.807, 2.05) is 0 Å². The van der Waals surface area contributed by atoms with Crippen molar-refractivity contribution in [3.63, 3.8) is 0 Å². The maximum atomic E-state index is 4.44. The average Bonchev–Trinajstić information content (AvgIpc) is 3.04. The van der Waals surface area contributed by atoms with Crippen LogP contribution in [0.4, 0.5) is 11.5 Å². The summed E-state index contributed by atoms with van der Waals surface area (Å²) < 4.78 is 0. The van der Waals surface area contributed by atoms with Gasteiger partial charge < -0.3 is 9.80 Å². The summed E-state index contributed by atoms with van der Waals surface area (Å²) in [7, 11) is 0. The number of anilines is 2. The number of nitrogens with zero attached hydrogens (tertiary/aromatic N) is 5. The quantitative estimate of drug-likeness (QED) is 0.774. The summed E-state index contributed by atoms with van der Waals surface area (Å²) in [5, 5.41) is 7.94. The highest BCUT2D eigenvalue weighted by Gasteiger charge is 2.20. The summed E-state index contributed by atoms with van der Waals surface area (Å²) in [6.07, 6.45) is 3.40. The van der Waals surface area contributed by atoms with Gasteiger partial charge in [-0.3, -0.25) is 5.10 Å². The highest BCUT2D eigenvalue weighted by Crippen LogP contribution is 2.23. The van der Waals surface area contributed by atoms with E-state index in [1.165, 1.54) is 5.69 Å². The Kier molecular flexibility index (Phi) is 2.92. The molecule has 0 bridgehead atoms. The van der Waals surface area contributed by atoms with E-state index in [9.17, 15) is 0 Å². The first kappa shape index (κ1) is 12.1. The monoisotopic (exact) mass is 280 g/mol. The molecule has 4 rings (SSSR count). The van der Waals surface area contributed by atoms with Gasteiger partial charge >= 0.3 is 0 Å². The molecule has 1 fully saturated rings. The second-order valence-electron chi connectivity index (χ2n) is 5.14. The standard InChI is InChI=1S/C15H16N6/c1-2-4-12(5-3-1)20-6-8-21(9-7-20)15-13-10-18-19-14(13)16-11-17-15/h1-5,10-11H,6-9H2,(H,16,17,18,19). The third-order valence-electron chi connectivity index (χ3n) is 3.93. The lowest BCUT2D eigenvalue weighted by Crippen LogP contribution is -2.46. The van der Waals surface area contributed by atoms with E-state index in [1.54, 1.807) is 12.5 Å². The summed E-state index contributed by atoms with van der Waals surface area (Å²) in [5.74, 6) is 0.974.